The number of halogens is 1. The number of hydrogen-bond donors (Lipinski definition) is 4. The summed E-state index contributed by atoms with van der Waals surface area (Å²) in [6.45, 7) is 3.20. The van der Waals surface area contributed by atoms with Crippen LogP contribution in [-0.4, -0.2) is 41.8 Å². The van der Waals surface area contributed by atoms with E-state index < -0.39 is 11.9 Å². The number of carboxylic acid groups (broad SMARTS) is 2. The first-order chi connectivity index (χ1) is 14.5. The summed E-state index contributed by atoms with van der Waals surface area (Å²) in [7, 11) is 0. The van der Waals surface area contributed by atoms with Crippen LogP contribution < -0.4 is 10.6 Å². The number of hydrogen-bond acceptors (Lipinski definition) is 4. The average molecular weight is 429 g/mol. The number of benzene rings is 2. The Morgan fingerprint density at radius 3 is 2.37 bits per heavy atom. The first-order valence-corrected chi connectivity index (χ1v) is 10.4. The first-order valence-electron chi connectivity index (χ1n) is 9.98. The van der Waals surface area contributed by atoms with E-state index in [1.165, 1.54) is 46.3 Å². The lowest BCUT2D eigenvalue weighted by molar-refractivity contribution is -0.134. The monoisotopic (exact) mass is 428 g/mol. The molecular formula is C23H25ClN2O4. The molecule has 0 unspecified atom stereocenters. The minimum Gasteiger partial charge on any atom is -0.478 e. The Bertz CT molecular complexity index is 956. The van der Waals surface area contributed by atoms with Crippen molar-refractivity contribution in [1.29, 1.82) is 0 Å². The van der Waals surface area contributed by atoms with Crippen molar-refractivity contribution in [3.8, 4) is 11.1 Å². The normalized spacial score (nSPS) is 15.1. The number of carbonyl (C=O) groups is 2. The molecule has 0 fully saturated rings. The zero-order valence-electron chi connectivity index (χ0n) is 16.6. The Kier molecular flexibility index (Phi) is 7.49. The topological polar surface area (TPSA) is 98.7 Å². The molecular weight excluding hydrogens is 404 g/mol. The van der Waals surface area contributed by atoms with Gasteiger partial charge in [0.05, 0.1) is 0 Å². The van der Waals surface area contributed by atoms with Gasteiger partial charge in [-0.3, -0.25) is 0 Å². The van der Waals surface area contributed by atoms with Gasteiger partial charge in [-0.2, -0.15) is 0 Å². The predicted octanol–water partition coefficient (Wildman–Crippen LogP) is 3.77. The molecule has 0 aromatic heterocycles. The highest BCUT2D eigenvalue weighted by Gasteiger charge is 2.22. The maximum atomic E-state index is 9.55. The maximum Gasteiger partial charge on any atom is 0.328 e. The fraction of sp³-hybridized carbons (Fsp3) is 0.304. The van der Waals surface area contributed by atoms with Gasteiger partial charge in [0, 0.05) is 35.0 Å². The van der Waals surface area contributed by atoms with Crippen molar-refractivity contribution in [1.82, 2.24) is 5.32 Å². The third-order valence-electron chi connectivity index (χ3n) is 5.14. The second kappa shape index (κ2) is 10.3. The highest BCUT2D eigenvalue weighted by Crippen LogP contribution is 2.40. The fourth-order valence-electron chi connectivity index (χ4n) is 3.91. The van der Waals surface area contributed by atoms with Gasteiger partial charge >= 0.3 is 11.9 Å². The summed E-state index contributed by atoms with van der Waals surface area (Å²) in [5.74, 6) is -2.51. The van der Waals surface area contributed by atoms with E-state index >= 15 is 0 Å². The third kappa shape index (κ3) is 5.62. The zero-order chi connectivity index (χ0) is 21.5. The minimum absolute atomic E-state index is 0.558. The van der Waals surface area contributed by atoms with E-state index in [-0.39, 0.29) is 0 Å². The van der Waals surface area contributed by atoms with Crippen LogP contribution in [0.15, 0.2) is 42.5 Å². The zero-order valence-corrected chi connectivity index (χ0v) is 17.3. The molecule has 0 spiro atoms. The first kappa shape index (κ1) is 21.9. The quantitative estimate of drug-likeness (QED) is 0.555. The van der Waals surface area contributed by atoms with Crippen LogP contribution in [0.2, 0.25) is 5.02 Å². The van der Waals surface area contributed by atoms with Crippen LogP contribution in [0.1, 0.15) is 23.1 Å². The van der Waals surface area contributed by atoms with E-state index in [9.17, 15) is 9.59 Å². The number of nitrogens with one attached hydrogen (secondary N) is 2. The Morgan fingerprint density at radius 1 is 0.933 bits per heavy atom. The van der Waals surface area contributed by atoms with Gasteiger partial charge in [-0.25, -0.2) is 9.59 Å². The Balaban J connectivity index is 0.000000275. The molecule has 0 radical (unpaired) electrons. The van der Waals surface area contributed by atoms with Gasteiger partial charge in [-0.1, -0.05) is 29.8 Å². The van der Waals surface area contributed by atoms with Gasteiger partial charge < -0.3 is 20.8 Å². The van der Waals surface area contributed by atoms with Crippen LogP contribution in [0.4, 0.5) is 5.69 Å². The number of carboxylic acids is 2. The Hall–Kier alpha value is -2.83. The van der Waals surface area contributed by atoms with Crippen molar-refractivity contribution < 1.29 is 19.8 Å². The van der Waals surface area contributed by atoms with Crippen LogP contribution in [0, 0.1) is 0 Å². The van der Waals surface area contributed by atoms with Crippen LogP contribution in [-0.2, 0) is 28.9 Å². The van der Waals surface area contributed by atoms with Gasteiger partial charge in [0.2, 0.25) is 0 Å². The summed E-state index contributed by atoms with van der Waals surface area (Å²) in [5, 5.41) is 23.6. The summed E-state index contributed by atoms with van der Waals surface area (Å²) < 4.78 is 0. The van der Waals surface area contributed by atoms with E-state index in [1.54, 1.807) is 0 Å². The summed E-state index contributed by atoms with van der Waals surface area (Å²) in [4.78, 5) is 19.1. The van der Waals surface area contributed by atoms with E-state index in [0.717, 1.165) is 37.5 Å². The molecule has 0 amide bonds. The number of aryl methyl sites for hydroxylation is 1. The minimum atomic E-state index is -1.26. The van der Waals surface area contributed by atoms with Crippen molar-refractivity contribution in [2.75, 3.05) is 25.0 Å². The summed E-state index contributed by atoms with van der Waals surface area (Å²) in [6.07, 6.45) is 5.72. The lowest BCUT2D eigenvalue weighted by atomic mass is 9.86. The van der Waals surface area contributed by atoms with Crippen molar-refractivity contribution in [2.24, 2.45) is 0 Å². The third-order valence-corrected chi connectivity index (χ3v) is 5.37. The molecule has 6 nitrogen and oxygen atoms in total. The van der Waals surface area contributed by atoms with Crippen molar-refractivity contribution in [3.63, 3.8) is 0 Å². The second-order valence-corrected chi connectivity index (χ2v) is 7.66. The molecule has 4 N–H and O–H groups in total. The second-order valence-electron chi connectivity index (χ2n) is 7.22. The summed E-state index contributed by atoms with van der Waals surface area (Å²) in [5.41, 5.74) is 8.47. The van der Waals surface area contributed by atoms with E-state index in [0.29, 0.717) is 12.2 Å². The maximum absolute atomic E-state index is 9.55. The van der Waals surface area contributed by atoms with Crippen LogP contribution in [0.3, 0.4) is 0 Å². The average Bonchev–Trinajstić information content (AvgIpc) is 2.96. The van der Waals surface area contributed by atoms with E-state index in [2.05, 4.69) is 34.9 Å². The van der Waals surface area contributed by atoms with Crippen molar-refractivity contribution in [2.45, 2.75) is 25.7 Å². The molecule has 0 atom stereocenters. The molecule has 2 aliphatic heterocycles. The molecule has 4 rings (SSSR count). The van der Waals surface area contributed by atoms with E-state index in [1.807, 2.05) is 6.07 Å². The van der Waals surface area contributed by atoms with Crippen molar-refractivity contribution >= 4 is 29.2 Å². The Morgan fingerprint density at radius 2 is 1.67 bits per heavy atom. The Labute approximate surface area is 180 Å². The number of fused-ring (bicyclic) bond motifs is 2. The molecule has 158 valence electrons. The van der Waals surface area contributed by atoms with Crippen molar-refractivity contribution in [3.05, 3.63) is 64.2 Å². The SMILES string of the molecule is Clc1cccc(-c2c3c(cc4c2NCCC4)CCNCC3)c1.O=C(O)/C=C/C(=O)O. The highest BCUT2D eigenvalue weighted by molar-refractivity contribution is 6.30. The number of aliphatic carboxylic acids is 2. The van der Waals surface area contributed by atoms with Gasteiger partial charge in [0.15, 0.2) is 0 Å². The van der Waals surface area contributed by atoms with E-state index in [4.69, 9.17) is 21.8 Å². The molecule has 0 bridgehead atoms. The van der Waals surface area contributed by atoms with Crippen LogP contribution >= 0.6 is 11.6 Å². The molecule has 7 heteroatoms. The number of anilines is 1. The molecule has 2 aromatic carbocycles. The summed E-state index contributed by atoms with van der Waals surface area (Å²) in [6, 6.07) is 10.7. The molecule has 0 saturated heterocycles. The molecule has 2 aromatic rings. The van der Waals surface area contributed by atoms with Gasteiger partial charge in [0.25, 0.3) is 0 Å². The van der Waals surface area contributed by atoms with Crippen LogP contribution in [0.25, 0.3) is 11.1 Å². The highest BCUT2D eigenvalue weighted by atomic mass is 35.5. The van der Waals surface area contributed by atoms with Gasteiger partial charge in [0.1, 0.15) is 0 Å². The molecule has 2 heterocycles. The molecule has 0 saturated carbocycles. The predicted molar refractivity (Wildman–Crippen MR) is 118 cm³/mol. The smallest absolute Gasteiger partial charge is 0.328 e. The summed E-state index contributed by atoms with van der Waals surface area (Å²) >= 11 is 6.26. The largest absolute Gasteiger partial charge is 0.478 e. The lowest BCUT2D eigenvalue weighted by Crippen LogP contribution is -2.16. The number of rotatable bonds is 3. The lowest BCUT2D eigenvalue weighted by Gasteiger charge is -2.26. The molecule has 0 aliphatic carbocycles. The van der Waals surface area contributed by atoms with Crippen LogP contribution in [0.5, 0.6) is 0 Å². The van der Waals surface area contributed by atoms with Gasteiger partial charge in [-0.05, 0) is 73.2 Å². The standard InChI is InChI=1S/C19H21ClN2.C4H4O4/c20-16-5-1-3-14(12-16)18-17-7-10-21-9-6-13(17)11-15-4-2-8-22-19(15)18;5-3(6)1-2-4(7)8/h1,3,5,11-12,21-22H,2,4,6-10H2;1-2H,(H,5,6)(H,7,8)/b;2-1+. The molecule has 30 heavy (non-hydrogen) atoms. The fourth-order valence-corrected chi connectivity index (χ4v) is 4.10. The molecule has 2 aliphatic rings. The van der Waals surface area contributed by atoms with Gasteiger partial charge in [-0.15, -0.1) is 0 Å².